The highest BCUT2D eigenvalue weighted by atomic mass is 35.5. The number of aliphatic hydroxyl groups excluding tert-OH is 1. The van der Waals surface area contributed by atoms with E-state index in [1.807, 2.05) is 0 Å². The van der Waals surface area contributed by atoms with Gasteiger partial charge in [0.25, 0.3) is 0 Å². The second-order valence-corrected chi connectivity index (χ2v) is 11.5. The predicted octanol–water partition coefficient (Wildman–Crippen LogP) is 6.11. The molecule has 1 amide bonds. The summed E-state index contributed by atoms with van der Waals surface area (Å²) in [6, 6.07) is 16.3. The molecule has 9 nitrogen and oxygen atoms in total. The van der Waals surface area contributed by atoms with Crippen LogP contribution in [0.3, 0.4) is 0 Å². The highest BCUT2D eigenvalue weighted by molar-refractivity contribution is 7.80. The van der Waals surface area contributed by atoms with E-state index in [0.717, 1.165) is 25.9 Å². The first-order chi connectivity index (χ1) is 21.8. The highest BCUT2D eigenvalue weighted by Crippen LogP contribution is 2.38. The summed E-state index contributed by atoms with van der Waals surface area (Å²) in [5.74, 6) is 0.186. The third-order valence-corrected chi connectivity index (χ3v) is 7.88. The van der Waals surface area contributed by atoms with Gasteiger partial charge >= 0.3 is 0 Å². The number of likely N-dealkylation sites (tertiary alicyclic amines) is 1. The van der Waals surface area contributed by atoms with E-state index in [2.05, 4.69) is 20.5 Å². The number of nitrogens with zero attached hydrogens (tertiary/aromatic N) is 2. The Balaban J connectivity index is 1.22. The minimum absolute atomic E-state index is 0.0179. The second kappa shape index (κ2) is 15.3. The van der Waals surface area contributed by atoms with Crippen LogP contribution in [-0.4, -0.2) is 65.5 Å². The molecule has 1 aliphatic rings. The van der Waals surface area contributed by atoms with Crippen molar-refractivity contribution in [2.45, 2.75) is 31.8 Å². The third kappa shape index (κ3) is 8.79. The van der Waals surface area contributed by atoms with Crippen LogP contribution in [0.25, 0.3) is 10.9 Å². The molecule has 1 saturated heterocycles. The Morgan fingerprint density at radius 2 is 1.87 bits per heavy atom. The van der Waals surface area contributed by atoms with Crippen molar-refractivity contribution in [3.8, 4) is 23.0 Å². The van der Waals surface area contributed by atoms with E-state index in [9.17, 15) is 9.90 Å². The molecule has 1 aromatic heterocycles. The summed E-state index contributed by atoms with van der Waals surface area (Å²) in [7, 11) is 1.52. The first-order valence-electron chi connectivity index (χ1n) is 14.6. The van der Waals surface area contributed by atoms with Gasteiger partial charge in [-0.15, -0.1) is 0 Å². The van der Waals surface area contributed by atoms with Crippen LogP contribution in [0, 0.1) is 5.82 Å². The largest absolute Gasteiger partial charge is 0.493 e. The molecule has 0 saturated carbocycles. The Morgan fingerprint density at radius 3 is 2.62 bits per heavy atom. The number of aromatic nitrogens is 1. The Labute approximate surface area is 271 Å². The molecule has 12 heteroatoms. The van der Waals surface area contributed by atoms with Crippen LogP contribution in [-0.2, 0) is 11.2 Å². The fourth-order valence-electron chi connectivity index (χ4n) is 5.10. The summed E-state index contributed by atoms with van der Waals surface area (Å²) in [6.07, 6.45) is 4.47. The van der Waals surface area contributed by atoms with Gasteiger partial charge in [0.1, 0.15) is 18.5 Å². The molecule has 2 heterocycles. The Hall–Kier alpha value is -4.03. The average molecular weight is 653 g/mol. The number of anilines is 1. The topological polar surface area (TPSA) is 105 Å². The molecular formula is C33H34ClFN4O5S. The number of piperidine rings is 1. The molecule has 0 radical (unpaired) electrons. The Kier molecular flexibility index (Phi) is 11.0. The van der Waals surface area contributed by atoms with Crippen molar-refractivity contribution in [1.82, 2.24) is 15.2 Å². The van der Waals surface area contributed by atoms with Crippen molar-refractivity contribution in [1.29, 1.82) is 0 Å². The van der Waals surface area contributed by atoms with Crippen LogP contribution >= 0.6 is 23.8 Å². The minimum Gasteiger partial charge on any atom is -0.493 e. The van der Waals surface area contributed by atoms with Crippen LogP contribution in [0.4, 0.5) is 10.1 Å². The smallest absolute Gasteiger partial charge is 0.230 e. The lowest BCUT2D eigenvalue weighted by Gasteiger charge is -2.28. The van der Waals surface area contributed by atoms with E-state index >= 15 is 4.39 Å². The number of rotatable bonds is 11. The van der Waals surface area contributed by atoms with Gasteiger partial charge in [0.05, 0.1) is 19.0 Å². The number of ether oxygens (including phenoxy) is 3. The van der Waals surface area contributed by atoms with E-state index in [1.54, 1.807) is 54.7 Å². The fourth-order valence-corrected chi connectivity index (χ4v) is 5.53. The number of fused-ring (bicyclic) bond motifs is 1. The number of carbonyl (C=O) groups excluding carboxylic acids is 1. The monoisotopic (exact) mass is 652 g/mol. The summed E-state index contributed by atoms with van der Waals surface area (Å²) >= 11 is 11.3. The van der Waals surface area contributed by atoms with Gasteiger partial charge in [-0.2, -0.15) is 0 Å². The van der Waals surface area contributed by atoms with Crippen LogP contribution in [0.2, 0.25) is 5.02 Å². The molecule has 1 fully saturated rings. The normalized spacial score (nSPS) is 14.0. The zero-order valence-corrected chi connectivity index (χ0v) is 26.3. The number of benzene rings is 3. The first-order valence-corrected chi connectivity index (χ1v) is 15.4. The quantitative estimate of drug-likeness (QED) is 0.166. The van der Waals surface area contributed by atoms with E-state index in [0.29, 0.717) is 51.0 Å². The van der Waals surface area contributed by atoms with Crippen molar-refractivity contribution in [3.63, 3.8) is 0 Å². The van der Waals surface area contributed by atoms with E-state index in [1.165, 1.54) is 25.7 Å². The standard InChI is InChI=1S/C33H34ClFN4O5S/c1-42-30-17-24-27(18-31(30)43-20-23(40)19-39-13-5-2-6-14-39)36-12-11-28(24)44-29-10-9-22(16-26(29)35)37-33(45)38-32(41)15-21-7-3-4-8-25(21)34/h3-4,7-12,16-18,23,40H,2,5-6,13-15,19-20H2,1H3,(H2,37,38,41,45). The van der Waals surface area contributed by atoms with Gasteiger partial charge in [-0.25, -0.2) is 4.39 Å². The van der Waals surface area contributed by atoms with Crippen molar-refractivity contribution in [2.75, 3.05) is 38.7 Å². The van der Waals surface area contributed by atoms with Crippen LogP contribution in [0.1, 0.15) is 24.8 Å². The average Bonchev–Trinajstić information content (AvgIpc) is 3.02. The number of thiocarbonyl (C=S) groups is 1. The molecule has 236 valence electrons. The molecule has 0 spiro atoms. The van der Waals surface area contributed by atoms with Crippen molar-refractivity contribution in [2.24, 2.45) is 0 Å². The lowest BCUT2D eigenvalue weighted by Crippen LogP contribution is -2.38. The predicted molar refractivity (Wildman–Crippen MR) is 176 cm³/mol. The molecular weight excluding hydrogens is 619 g/mol. The van der Waals surface area contributed by atoms with Gasteiger partial charge in [-0.1, -0.05) is 36.2 Å². The van der Waals surface area contributed by atoms with Crippen LogP contribution in [0.15, 0.2) is 66.9 Å². The molecule has 1 aliphatic heterocycles. The van der Waals surface area contributed by atoms with Crippen molar-refractivity contribution < 1.29 is 28.5 Å². The SMILES string of the molecule is COc1cc2c(Oc3ccc(NC(=S)NC(=O)Cc4ccccc4Cl)cc3F)ccnc2cc1OCC(O)CN1CCCCC1. The number of pyridine rings is 1. The number of carbonyl (C=O) groups is 1. The summed E-state index contributed by atoms with van der Waals surface area (Å²) in [6.45, 7) is 2.63. The highest BCUT2D eigenvalue weighted by Gasteiger charge is 2.18. The number of aliphatic hydroxyl groups is 1. The zero-order valence-electron chi connectivity index (χ0n) is 24.7. The lowest BCUT2D eigenvalue weighted by atomic mass is 10.1. The summed E-state index contributed by atoms with van der Waals surface area (Å²) in [4.78, 5) is 19.0. The number of β-amino-alcohol motifs (C(OH)–C–C–N with tert-alkyl or cyclic N) is 1. The zero-order chi connectivity index (χ0) is 31.8. The number of hydrogen-bond acceptors (Lipinski definition) is 8. The van der Waals surface area contributed by atoms with Crippen molar-refractivity contribution >= 4 is 51.4 Å². The van der Waals surface area contributed by atoms with Crippen LogP contribution < -0.4 is 24.8 Å². The molecule has 0 bridgehead atoms. The number of amides is 1. The maximum atomic E-state index is 15.1. The van der Waals surface area contributed by atoms with E-state index in [4.69, 9.17) is 38.0 Å². The molecule has 0 aliphatic carbocycles. The maximum Gasteiger partial charge on any atom is 0.230 e. The van der Waals surface area contributed by atoms with Gasteiger partial charge in [-0.05, 0) is 74.0 Å². The van der Waals surface area contributed by atoms with Gasteiger partial charge < -0.3 is 34.9 Å². The second-order valence-electron chi connectivity index (χ2n) is 10.7. The van der Waals surface area contributed by atoms with Gasteiger partial charge in [0.15, 0.2) is 28.2 Å². The molecule has 45 heavy (non-hydrogen) atoms. The van der Waals surface area contributed by atoms with Gasteiger partial charge in [0.2, 0.25) is 5.91 Å². The van der Waals surface area contributed by atoms with Crippen LogP contribution in [0.5, 0.6) is 23.0 Å². The Bertz CT molecular complexity index is 1670. The number of methoxy groups -OCH3 is 1. The van der Waals surface area contributed by atoms with Gasteiger partial charge in [-0.3, -0.25) is 9.78 Å². The minimum atomic E-state index is -0.648. The lowest BCUT2D eigenvalue weighted by molar-refractivity contribution is -0.119. The van der Waals surface area contributed by atoms with Crippen molar-refractivity contribution in [3.05, 3.63) is 83.3 Å². The van der Waals surface area contributed by atoms with E-state index < -0.39 is 11.9 Å². The summed E-state index contributed by atoms with van der Waals surface area (Å²) < 4.78 is 32.6. The first kappa shape index (κ1) is 32.4. The summed E-state index contributed by atoms with van der Waals surface area (Å²) in [5, 5.41) is 17.0. The third-order valence-electron chi connectivity index (χ3n) is 7.31. The molecule has 1 atom stereocenters. The van der Waals surface area contributed by atoms with E-state index in [-0.39, 0.29) is 29.8 Å². The molecule has 3 aromatic carbocycles. The maximum absolute atomic E-state index is 15.1. The Morgan fingerprint density at radius 1 is 1.07 bits per heavy atom. The molecule has 1 unspecified atom stereocenters. The molecule has 4 aromatic rings. The molecule has 3 N–H and O–H groups in total. The van der Waals surface area contributed by atoms with Gasteiger partial charge in [0, 0.05) is 41.0 Å². The number of halogens is 2. The number of hydrogen-bond donors (Lipinski definition) is 3. The fraction of sp³-hybridized carbons (Fsp3) is 0.303. The summed E-state index contributed by atoms with van der Waals surface area (Å²) in [5.41, 5.74) is 1.54. The molecule has 5 rings (SSSR count). The number of nitrogens with one attached hydrogen (secondary N) is 2.